The molecule has 30 heavy (non-hydrogen) atoms. The first-order chi connectivity index (χ1) is 14.8. The SMILES string of the molecule is O=C(NCc1cccs1)c1ccc(-n2c(-c3ccccc3)cc3c2CCCC3)cc1. The summed E-state index contributed by atoms with van der Waals surface area (Å²) < 4.78 is 2.39. The van der Waals surface area contributed by atoms with E-state index in [1.165, 1.54) is 35.4 Å². The Hall–Kier alpha value is -3.11. The van der Waals surface area contributed by atoms with Crippen LogP contribution < -0.4 is 5.32 Å². The third kappa shape index (κ3) is 3.71. The number of carbonyl (C=O) groups excluding carboxylic acids is 1. The van der Waals surface area contributed by atoms with Crippen molar-refractivity contribution in [1.29, 1.82) is 0 Å². The van der Waals surface area contributed by atoms with Gasteiger partial charge in [0.1, 0.15) is 0 Å². The van der Waals surface area contributed by atoms with Crippen molar-refractivity contribution < 1.29 is 4.79 Å². The van der Waals surface area contributed by atoms with Crippen LogP contribution in [0.3, 0.4) is 0 Å². The molecule has 1 N–H and O–H groups in total. The first-order valence-electron chi connectivity index (χ1n) is 10.5. The van der Waals surface area contributed by atoms with Gasteiger partial charge in [0.2, 0.25) is 0 Å². The summed E-state index contributed by atoms with van der Waals surface area (Å²) in [4.78, 5) is 13.7. The van der Waals surface area contributed by atoms with Crippen LogP contribution in [0.1, 0.15) is 39.3 Å². The third-order valence-corrected chi connectivity index (χ3v) is 6.64. The molecule has 0 radical (unpaired) electrons. The molecule has 4 aromatic rings. The first kappa shape index (κ1) is 18.9. The fourth-order valence-electron chi connectivity index (χ4n) is 4.26. The van der Waals surface area contributed by atoms with Crippen LogP contribution in [0.5, 0.6) is 0 Å². The minimum atomic E-state index is -0.0345. The van der Waals surface area contributed by atoms with Gasteiger partial charge in [0.25, 0.3) is 5.91 Å². The number of hydrogen-bond acceptors (Lipinski definition) is 2. The van der Waals surface area contributed by atoms with Crippen molar-refractivity contribution in [3.05, 3.63) is 99.9 Å². The maximum atomic E-state index is 12.5. The highest BCUT2D eigenvalue weighted by Crippen LogP contribution is 2.33. The van der Waals surface area contributed by atoms with E-state index in [2.05, 4.69) is 58.4 Å². The Morgan fingerprint density at radius 2 is 1.73 bits per heavy atom. The van der Waals surface area contributed by atoms with Gasteiger partial charge in [0.05, 0.1) is 12.2 Å². The summed E-state index contributed by atoms with van der Waals surface area (Å²) in [6.07, 6.45) is 4.74. The Morgan fingerprint density at radius 3 is 2.50 bits per heavy atom. The Labute approximate surface area is 181 Å². The molecule has 0 bridgehead atoms. The summed E-state index contributed by atoms with van der Waals surface area (Å²) in [6.45, 7) is 0.571. The normalized spacial score (nSPS) is 13.1. The Morgan fingerprint density at radius 1 is 0.933 bits per heavy atom. The lowest BCUT2D eigenvalue weighted by Gasteiger charge is -2.18. The van der Waals surface area contributed by atoms with Crippen molar-refractivity contribution >= 4 is 17.2 Å². The smallest absolute Gasteiger partial charge is 0.251 e. The van der Waals surface area contributed by atoms with E-state index in [0.29, 0.717) is 12.1 Å². The molecule has 0 saturated heterocycles. The maximum Gasteiger partial charge on any atom is 0.251 e. The molecular weight excluding hydrogens is 388 g/mol. The van der Waals surface area contributed by atoms with Crippen LogP contribution in [-0.4, -0.2) is 10.5 Å². The second kappa shape index (κ2) is 8.33. The predicted molar refractivity (Wildman–Crippen MR) is 123 cm³/mol. The summed E-state index contributed by atoms with van der Waals surface area (Å²) in [5.74, 6) is -0.0345. The fourth-order valence-corrected chi connectivity index (χ4v) is 4.90. The topological polar surface area (TPSA) is 34.0 Å². The zero-order valence-electron chi connectivity index (χ0n) is 16.8. The largest absolute Gasteiger partial charge is 0.347 e. The summed E-state index contributed by atoms with van der Waals surface area (Å²) in [7, 11) is 0. The molecule has 4 heteroatoms. The monoisotopic (exact) mass is 412 g/mol. The van der Waals surface area contributed by atoms with E-state index >= 15 is 0 Å². The zero-order valence-corrected chi connectivity index (χ0v) is 17.6. The average molecular weight is 413 g/mol. The molecular formula is C26H24N2OS. The number of hydrogen-bond donors (Lipinski definition) is 1. The molecule has 5 rings (SSSR count). The minimum absolute atomic E-state index is 0.0345. The average Bonchev–Trinajstić information content (AvgIpc) is 3.46. The molecule has 0 unspecified atom stereocenters. The van der Waals surface area contributed by atoms with Crippen molar-refractivity contribution in [1.82, 2.24) is 9.88 Å². The van der Waals surface area contributed by atoms with Crippen LogP contribution in [0.15, 0.2) is 78.2 Å². The van der Waals surface area contributed by atoms with E-state index in [1.54, 1.807) is 11.3 Å². The van der Waals surface area contributed by atoms with Crippen LogP contribution in [0.2, 0.25) is 0 Å². The molecule has 0 atom stereocenters. The summed E-state index contributed by atoms with van der Waals surface area (Å²) in [6, 6.07) is 25.0. The van der Waals surface area contributed by atoms with Crippen LogP contribution in [-0.2, 0) is 19.4 Å². The van der Waals surface area contributed by atoms with Crippen LogP contribution in [0.4, 0.5) is 0 Å². The quantitative estimate of drug-likeness (QED) is 0.428. The molecule has 150 valence electrons. The van der Waals surface area contributed by atoms with Gasteiger partial charge < -0.3 is 9.88 Å². The van der Waals surface area contributed by atoms with Gasteiger partial charge in [-0.3, -0.25) is 4.79 Å². The number of thiophene rings is 1. The lowest BCUT2D eigenvalue weighted by atomic mass is 9.98. The van der Waals surface area contributed by atoms with Crippen LogP contribution >= 0.6 is 11.3 Å². The standard InChI is InChI=1S/C26H24N2OS/c29-26(27-18-23-10-6-16-30-23)20-12-14-22(15-13-20)28-24-11-5-4-9-21(24)17-25(28)19-7-2-1-3-8-19/h1-3,6-8,10,12-17H,4-5,9,11,18H2,(H,27,29). The zero-order chi connectivity index (χ0) is 20.3. The van der Waals surface area contributed by atoms with Gasteiger partial charge in [0.15, 0.2) is 0 Å². The molecule has 0 saturated carbocycles. The van der Waals surface area contributed by atoms with Crippen molar-refractivity contribution in [2.24, 2.45) is 0 Å². The van der Waals surface area contributed by atoms with Gasteiger partial charge in [-0.15, -0.1) is 11.3 Å². The summed E-state index contributed by atoms with van der Waals surface area (Å²) in [5.41, 5.74) is 7.14. The molecule has 1 aliphatic rings. The maximum absolute atomic E-state index is 12.5. The molecule has 2 heterocycles. The molecule has 0 aliphatic heterocycles. The molecule has 0 spiro atoms. The summed E-state index contributed by atoms with van der Waals surface area (Å²) in [5, 5.41) is 5.03. The number of nitrogens with one attached hydrogen (secondary N) is 1. The van der Waals surface area contributed by atoms with E-state index in [0.717, 1.165) is 23.4 Å². The van der Waals surface area contributed by atoms with E-state index < -0.39 is 0 Å². The van der Waals surface area contributed by atoms with Gasteiger partial charge in [-0.25, -0.2) is 0 Å². The minimum Gasteiger partial charge on any atom is -0.347 e. The number of amides is 1. The van der Waals surface area contributed by atoms with Gasteiger partial charge >= 0.3 is 0 Å². The number of benzene rings is 2. The van der Waals surface area contributed by atoms with Crippen molar-refractivity contribution in [3.63, 3.8) is 0 Å². The number of nitrogens with zero attached hydrogens (tertiary/aromatic N) is 1. The fraction of sp³-hybridized carbons (Fsp3) is 0.192. The molecule has 0 fully saturated rings. The van der Waals surface area contributed by atoms with E-state index in [1.807, 2.05) is 29.6 Å². The Bertz CT molecular complexity index is 1140. The number of rotatable bonds is 5. The molecule has 2 aromatic carbocycles. The lowest BCUT2D eigenvalue weighted by molar-refractivity contribution is 0.0951. The molecule has 3 nitrogen and oxygen atoms in total. The lowest BCUT2D eigenvalue weighted by Crippen LogP contribution is -2.22. The van der Waals surface area contributed by atoms with Gasteiger partial charge in [-0.2, -0.15) is 0 Å². The van der Waals surface area contributed by atoms with Gasteiger partial charge in [-0.1, -0.05) is 36.4 Å². The second-order valence-electron chi connectivity index (χ2n) is 7.72. The Kier molecular flexibility index (Phi) is 5.24. The predicted octanol–water partition coefficient (Wildman–Crippen LogP) is 6.01. The van der Waals surface area contributed by atoms with Crippen molar-refractivity contribution in [3.8, 4) is 16.9 Å². The highest BCUT2D eigenvalue weighted by Gasteiger charge is 2.20. The van der Waals surface area contributed by atoms with Gasteiger partial charge in [-0.05, 0) is 78.6 Å². The number of carbonyl (C=O) groups is 1. The van der Waals surface area contributed by atoms with Crippen LogP contribution in [0.25, 0.3) is 16.9 Å². The van der Waals surface area contributed by atoms with Gasteiger partial charge in [0, 0.05) is 21.8 Å². The first-order valence-corrected chi connectivity index (χ1v) is 11.4. The van der Waals surface area contributed by atoms with Crippen LogP contribution in [0, 0.1) is 0 Å². The van der Waals surface area contributed by atoms with E-state index in [4.69, 9.17) is 0 Å². The highest BCUT2D eigenvalue weighted by atomic mass is 32.1. The molecule has 1 amide bonds. The second-order valence-corrected chi connectivity index (χ2v) is 8.75. The number of fused-ring (bicyclic) bond motifs is 1. The molecule has 1 aliphatic carbocycles. The van der Waals surface area contributed by atoms with E-state index in [9.17, 15) is 4.79 Å². The van der Waals surface area contributed by atoms with Crippen molar-refractivity contribution in [2.45, 2.75) is 32.2 Å². The highest BCUT2D eigenvalue weighted by molar-refractivity contribution is 7.09. The summed E-state index contributed by atoms with van der Waals surface area (Å²) >= 11 is 1.66. The number of aryl methyl sites for hydroxylation is 1. The third-order valence-electron chi connectivity index (χ3n) is 5.76. The van der Waals surface area contributed by atoms with Crippen molar-refractivity contribution in [2.75, 3.05) is 0 Å². The van der Waals surface area contributed by atoms with E-state index in [-0.39, 0.29) is 5.91 Å². The number of aromatic nitrogens is 1. The molecule has 2 aromatic heterocycles. The Balaban J connectivity index is 1.45.